The Morgan fingerprint density at radius 2 is 2.00 bits per heavy atom. The Morgan fingerprint density at radius 1 is 1.26 bits per heavy atom. The number of ether oxygens (including phenoxy) is 2. The van der Waals surface area contributed by atoms with Crippen molar-refractivity contribution in [2.24, 2.45) is 0 Å². The van der Waals surface area contributed by atoms with E-state index in [1.165, 1.54) is 38.5 Å². The standard InChI is InChI=1S/C18H14BrN3O5/c1-26-14-4-6-17(27-2)11(8-14)7-12(10-20)18(23)21-16-5-3-13(22(24)25)9-15(16)19/h3-9H,1-2H3,(H,21,23). The molecule has 0 spiro atoms. The van der Waals surface area contributed by atoms with Crippen LogP contribution < -0.4 is 14.8 Å². The number of nitrogens with one attached hydrogen (secondary N) is 1. The number of hydrogen-bond acceptors (Lipinski definition) is 6. The number of nitro groups is 1. The van der Waals surface area contributed by atoms with Crippen LogP contribution in [0.25, 0.3) is 6.08 Å². The minimum absolute atomic E-state index is 0.128. The normalized spacial score (nSPS) is 10.7. The molecule has 0 heterocycles. The van der Waals surface area contributed by atoms with Gasteiger partial charge in [-0.3, -0.25) is 14.9 Å². The maximum atomic E-state index is 12.4. The van der Waals surface area contributed by atoms with E-state index < -0.39 is 10.8 Å². The van der Waals surface area contributed by atoms with Gasteiger partial charge in [-0.1, -0.05) is 0 Å². The average molecular weight is 432 g/mol. The number of benzene rings is 2. The maximum absolute atomic E-state index is 12.4. The molecule has 1 amide bonds. The van der Waals surface area contributed by atoms with Crippen LogP contribution in [-0.2, 0) is 4.79 Å². The highest BCUT2D eigenvalue weighted by Crippen LogP contribution is 2.29. The number of methoxy groups -OCH3 is 2. The number of non-ortho nitro benzene ring substituents is 1. The fourth-order valence-electron chi connectivity index (χ4n) is 2.16. The second kappa shape index (κ2) is 8.82. The summed E-state index contributed by atoms with van der Waals surface area (Å²) in [6.45, 7) is 0. The molecule has 0 bridgehead atoms. The van der Waals surface area contributed by atoms with E-state index in [1.807, 2.05) is 6.07 Å². The molecule has 0 fully saturated rings. The van der Waals surface area contributed by atoms with E-state index in [-0.39, 0.29) is 11.3 Å². The number of halogens is 1. The predicted octanol–water partition coefficient (Wildman–Crippen LogP) is 3.92. The van der Waals surface area contributed by atoms with Crippen LogP contribution in [-0.4, -0.2) is 25.1 Å². The lowest BCUT2D eigenvalue weighted by molar-refractivity contribution is -0.384. The summed E-state index contributed by atoms with van der Waals surface area (Å²) in [6.07, 6.45) is 1.37. The minimum Gasteiger partial charge on any atom is -0.497 e. The molecule has 2 aromatic carbocycles. The summed E-state index contributed by atoms with van der Waals surface area (Å²) in [6, 6.07) is 10.7. The van der Waals surface area contributed by atoms with Crippen molar-refractivity contribution in [2.45, 2.75) is 0 Å². The number of nitriles is 1. The van der Waals surface area contributed by atoms with Crippen LogP contribution in [0.15, 0.2) is 46.4 Å². The Hall–Kier alpha value is -3.38. The van der Waals surface area contributed by atoms with Crippen LogP contribution >= 0.6 is 15.9 Å². The highest BCUT2D eigenvalue weighted by molar-refractivity contribution is 9.10. The minimum atomic E-state index is -0.670. The van der Waals surface area contributed by atoms with Gasteiger partial charge in [-0.15, -0.1) is 0 Å². The van der Waals surface area contributed by atoms with Crippen molar-refractivity contribution in [1.82, 2.24) is 0 Å². The maximum Gasteiger partial charge on any atom is 0.270 e. The van der Waals surface area contributed by atoms with Crippen LogP contribution in [0.5, 0.6) is 11.5 Å². The summed E-state index contributed by atoms with van der Waals surface area (Å²) in [5, 5.41) is 22.7. The van der Waals surface area contributed by atoms with Gasteiger partial charge in [0, 0.05) is 22.2 Å². The number of carbonyl (C=O) groups is 1. The monoisotopic (exact) mass is 431 g/mol. The molecule has 0 atom stereocenters. The van der Waals surface area contributed by atoms with E-state index in [2.05, 4.69) is 21.2 Å². The Kier molecular flexibility index (Phi) is 6.51. The summed E-state index contributed by atoms with van der Waals surface area (Å²) in [7, 11) is 2.97. The third kappa shape index (κ3) is 4.83. The van der Waals surface area contributed by atoms with Crippen LogP contribution in [0.1, 0.15) is 5.56 Å². The third-order valence-electron chi connectivity index (χ3n) is 3.51. The van der Waals surface area contributed by atoms with E-state index in [0.717, 1.165) is 0 Å². The fraction of sp³-hybridized carbons (Fsp3) is 0.111. The molecule has 0 radical (unpaired) electrons. The molecule has 27 heavy (non-hydrogen) atoms. The molecule has 2 aromatic rings. The summed E-state index contributed by atoms with van der Waals surface area (Å²) in [5.74, 6) is 0.336. The molecule has 0 unspecified atom stereocenters. The molecule has 0 aliphatic heterocycles. The van der Waals surface area contributed by atoms with Gasteiger partial charge in [0.2, 0.25) is 0 Å². The van der Waals surface area contributed by atoms with Gasteiger partial charge in [-0.05, 0) is 46.3 Å². The first-order valence-corrected chi connectivity index (χ1v) is 8.28. The smallest absolute Gasteiger partial charge is 0.270 e. The zero-order valence-electron chi connectivity index (χ0n) is 14.4. The molecule has 0 aliphatic rings. The molecule has 8 nitrogen and oxygen atoms in total. The number of nitrogens with zero attached hydrogens (tertiary/aromatic N) is 2. The van der Waals surface area contributed by atoms with Crippen molar-refractivity contribution in [3.05, 3.63) is 62.1 Å². The molecule has 138 valence electrons. The number of rotatable bonds is 6. The largest absolute Gasteiger partial charge is 0.497 e. The molecular formula is C18H14BrN3O5. The average Bonchev–Trinajstić information content (AvgIpc) is 2.67. The zero-order valence-corrected chi connectivity index (χ0v) is 15.9. The van der Waals surface area contributed by atoms with Crippen molar-refractivity contribution >= 4 is 39.3 Å². The lowest BCUT2D eigenvalue weighted by atomic mass is 10.1. The van der Waals surface area contributed by atoms with E-state index in [4.69, 9.17) is 9.47 Å². The zero-order chi connectivity index (χ0) is 20.0. The molecule has 2 rings (SSSR count). The van der Waals surface area contributed by atoms with Crippen molar-refractivity contribution in [3.63, 3.8) is 0 Å². The van der Waals surface area contributed by atoms with Crippen LogP contribution in [0.2, 0.25) is 0 Å². The van der Waals surface area contributed by atoms with Gasteiger partial charge in [-0.25, -0.2) is 0 Å². The first-order valence-electron chi connectivity index (χ1n) is 7.48. The van der Waals surface area contributed by atoms with Gasteiger partial charge < -0.3 is 14.8 Å². The van der Waals surface area contributed by atoms with E-state index in [0.29, 0.717) is 27.2 Å². The van der Waals surface area contributed by atoms with Gasteiger partial charge in [0.15, 0.2) is 0 Å². The van der Waals surface area contributed by atoms with E-state index in [1.54, 1.807) is 18.2 Å². The fourth-order valence-corrected chi connectivity index (χ4v) is 2.63. The van der Waals surface area contributed by atoms with Crippen LogP contribution in [0.3, 0.4) is 0 Å². The predicted molar refractivity (Wildman–Crippen MR) is 103 cm³/mol. The van der Waals surface area contributed by atoms with E-state index in [9.17, 15) is 20.2 Å². The van der Waals surface area contributed by atoms with Gasteiger partial charge in [-0.2, -0.15) is 5.26 Å². The quantitative estimate of drug-likeness (QED) is 0.320. The van der Waals surface area contributed by atoms with Crippen molar-refractivity contribution < 1.29 is 19.2 Å². The van der Waals surface area contributed by atoms with Crippen LogP contribution in [0, 0.1) is 21.4 Å². The summed E-state index contributed by atoms with van der Waals surface area (Å²) in [5.41, 5.74) is 0.486. The highest BCUT2D eigenvalue weighted by atomic mass is 79.9. The lowest BCUT2D eigenvalue weighted by Crippen LogP contribution is -2.14. The molecule has 9 heteroatoms. The topological polar surface area (TPSA) is 114 Å². The molecule has 0 saturated heterocycles. The Morgan fingerprint density at radius 3 is 2.56 bits per heavy atom. The van der Waals surface area contributed by atoms with Crippen molar-refractivity contribution in [2.75, 3.05) is 19.5 Å². The molecule has 0 aliphatic carbocycles. The van der Waals surface area contributed by atoms with Gasteiger partial charge in [0.1, 0.15) is 23.1 Å². The first-order chi connectivity index (χ1) is 12.9. The van der Waals surface area contributed by atoms with Crippen LogP contribution in [0.4, 0.5) is 11.4 Å². The number of hydrogen-bond donors (Lipinski definition) is 1. The van der Waals surface area contributed by atoms with Gasteiger partial charge in [0.25, 0.3) is 11.6 Å². The molecule has 0 saturated carbocycles. The lowest BCUT2D eigenvalue weighted by Gasteiger charge is -2.09. The SMILES string of the molecule is COc1ccc(OC)c(C=C(C#N)C(=O)Nc2ccc([N+](=O)[O-])cc2Br)c1. The summed E-state index contributed by atoms with van der Waals surface area (Å²) < 4.78 is 10.7. The second-order valence-corrected chi connectivity index (χ2v) is 6.01. The number of carbonyl (C=O) groups excluding carboxylic acids is 1. The number of anilines is 1. The number of nitro benzene ring substituents is 1. The van der Waals surface area contributed by atoms with Crippen molar-refractivity contribution in [3.8, 4) is 17.6 Å². The first kappa shape index (κ1) is 19.9. The summed E-state index contributed by atoms with van der Waals surface area (Å²) in [4.78, 5) is 22.7. The Balaban J connectivity index is 2.33. The van der Waals surface area contributed by atoms with Crippen molar-refractivity contribution in [1.29, 1.82) is 5.26 Å². The Labute approximate surface area is 163 Å². The van der Waals surface area contributed by atoms with Gasteiger partial charge in [0.05, 0.1) is 24.8 Å². The number of amides is 1. The second-order valence-electron chi connectivity index (χ2n) is 5.15. The Bertz CT molecular complexity index is 966. The highest BCUT2D eigenvalue weighted by Gasteiger charge is 2.15. The molecule has 0 aromatic heterocycles. The molecule has 1 N–H and O–H groups in total. The van der Waals surface area contributed by atoms with Gasteiger partial charge >= 0.3 is 0 Å². The molecular weight excluding hydrogens is 418 g/mol. The van der Waals surface area contributed by atoms with E-state index >= 15 is 0 Å². The summed E-state index contributed by atoms with van der Waals surface area (Å²) >= 11 is 3.17. The third-order valence-corrected chi connectivity index (χ3v) is 4.17.